The number of amides is 1. The molecule has 1 amide bonds. The zero-order valence-electron chi connectivity index (χ0n) is 12.8. The Hall–Kier alpha value is -2.96. The van der Waals surface area contributed by atoms with Gasteiger partial charge in [-0.2, -0.15) is 0 Å². The van der Waals surface area contributed by atoms with Gasteiger partial charge in [-0.25, -0.2) is 0 Å². The van der Waals surface area contributed by atoms with Crippen LogP contribution in [0.15, 0.2) is 47.5 Å². The van der Waals surface area contributed by atoms with Crippen molar-refractivity contribution in [2.45, 2.75) is 19.4 Å². The molecule has 3 rings (SSSR count). The van der Waals surface area contributed by atoms with Gasteiger partial charge in [0.2, 0.25) is 5.91 Å². The number of rotatable bonds is 5. The van der Waals surface area contributed by atoms with Gasteiger partial charge in [-0.15, -0.1) is 10.2 Å². The summed E-state index contributed by atoms with van der Waals surface area (Å²) in [6.07, 6.45) is 4.04. The second-order valence-electron chi connectivity index (χ2n) is 5.27. The Morgan fingerprint density at radius 3 is 2.83 bits per heavy atom. The number of nitrogens with one attached hydrogen (secondary N) is 1. The lowest BCUT2D eigenvalue weighted by molar-refractivity contribution is -0.121. The molecule has 23 heavy (non-hydrogen) atoms. The quantitative estimate of drug-likeness (QED) is 0.751. The summed E-state index contributed by atoms with van der Waals surface area (Å²) in [5, 5.41) is 10.8. The summed E-state index contributed by atoms with van der Waals surface area (Å²) in [6.45, 7) is 0.463. The molecule has 3 aromatic rings. The highest BCUT2D eigenvalue weighted by atomic mass is 16.1. The van der Waals surface area contributed by atoms with Crippen molar-refractivity contribution in [3.63, 3.8) is 0 Å². The third-order valence-electron chi connectivity index (χ3n) is 3.68. The molecule has 0 unspecified atom stereocenters. The average molecular weight is 311 g/mol. The molecule has 3 heterocycles. The number of aromatic nitrogens is 4. The lowest BCUT2D eigenvalue weighted by Gasteiger charge is -2.06. The van der Waals surface area contributed by atoms with E-state index in [0.29, 0.717) is 17.9 Å². The summed E-state index contributed by atoms with van der Waals surface area (Å²) < 4.78 is 3.38. The smallest absolute Gasteiger partial charge is 0.279 e. The number of carbonyl (C=O) groups excluding carboxylic acids is 1. The predicted octanol–water partition coefficient (Wildman–Crippen LogP) is 0.677. The molecule has 0 bridgehead atoms. The summed E-state index contributed by atoms with van der Waals surface area (Å²) in [5.74, 6) is -0.120. The van der Waals surface area contributed by atoms with Crippen molar-refractivity contribution in [1.29, 1.82) is 0 Å². The van der Waals surface area contributed by atoms with Crippen LogP contribution >= 0.6 is 0 Å². The monoisotopic (exact) mass is 311 g/mol. The normalized spacial score (nSPS) is 10.8. The Morgan fingerprint density at radius 1 is 1.17 bits per heavy atom. The maximum atomic E-state index is 12.3. The number of pyridine rings is 1. The number of hydrogen-bond donors (Lipinski definition) is 1. The standard InChI is InChI=1S/C16H17N5O2/c1-20-9-4-5-12(20)11-17-15(22)8-7-13-16(23)21-10-3-2-6-14(21)19-18-13/h2-6,9-10H,7-8,11H2,1H3,(H,17,22). The molecule has 0 aromatic carbocycles. The van der Waals surface area contributed by atoms with E-state index in [1.165, 1.54) is 4.40 Å². The Bertz CT molecular complexity index is 897. The fourth-order valence-electron chi connectivity index (χ4n) is 2.33. The topological polar surface area (TPSA) is 81.3 Å². The lowest BCUT2D eigenvalue weighted by atomic mass is 10.2. The zero-order chi connectivity index (χ0) is 16.2. The summed E-state index contributed by atoms with van der Waals surface area (Å²) >= 11 is 0. The molecule has 0 saturated heterocycles. The minimum absolute atomic E-state index is 0.120. The van der Waals surface area contributed by atoms with Crippen molar-refractivity contribution in [1.82, 2.24) is 24.5 Å². The van der Waals surface area contributed by atoms with Crippen LogP contribution in [0, 0.1) is 0 Å². The summed E-state index contributed by atoms with van der Waals surface area (Å²) in [5.41, 5.74) is 1.58. The van der Waals surface area contributed by atoms with Gasteiger partial charge in [0.05, 0.1) is 6.54 Å². The predicted molar refractivity (Wildman–Crippen MR) is 84.8 cm³/mol. The van der Waals surface area contributed by atoms with Crippen LogP contribution in [0.3, 0.4) is 0 Å². The maximum Gasteiger partial charge on any atom is 0.279 e. The molecule has 0 aliphatic heterocycles. The first-order chi connectivity index (χ1) is 11.1. The van der Waals surface area contributed by atoms with Crippen molar-refractivity contribution in [3.8, 4) is 0 Å². The highest BCUT2D eigenvalue weighted by Gasteiger charge is 2.09. The van der Waals surface area contributed by atoms with Gasteiger partial charge >= 0.3 is 0 Å². The number of hydrogen-bond acceptors (Lipinski definition) is 4. The van der Waals surface area contributed by atoms with Crippen LogP contribution < -0.4 is 10.9 Å². The highest BCUT2D eigenvalue weighted by Crippen LogP contribution is 2.00. The van der Waals surface area contributed by atoms with E-state index in [9.17, 15) is 9.59 Å². The molecule has 7 heteroatoms. The van der Waals surface area contributed by atoms with Gasteiger partial charge in [-0.1, -0.05) is 6.07 Å². The largest absolute Gasteiger partial charge is 0.353 e. The molecule has 7 nitrogen and oxygen atoms in total. The van der Waals surface area contributed by atoms with Crippen LogP contribution in [0.25, 0.3) is 5.65 Å². The Balaban J connectivity index is 1.62. The van der Waals surface area contributed by atoms with E-state index in [-0.39, 0.29) is 24.3 Å². The highest BCUT2D eigenvalue weighted by molar-refractivity contribution is 5.76. The first kappa shape index (κ1) is 15.0. The van der Waals surface area contributed by atoms with Crippen LogP contribution in [0.1, 0.15) is 17.8 Å². The van der Waals surface area contributed by atoms with Crippen molar-refractivity contribution >= 4 is 11.6 Å². The zero-order valence-corrected chi connectivity index (χ0v) is 12.8. The molecule has 118 valence electrons. The second kappa shape index (κ2) is 6.43. The van der Waals surface area contributed by atoms with Gasteiger partial charge in [-0.3, -0.25) is 14.0 Å². The molecule has 0 radical (unpaired) electrons. The first-order valence-corrected chi connectivity index (χ1v) is 7.35. The van der Waals surface area contributed by atoms with Crippen molar-refractivity contribution < 1.29 is 4.79 Å². The number of carbonyl (C=O) groups is 1. The fourth-order valence-corrected chi connectivity index (χ4v) is 2.33. The van der Waals surface area contributed by atoms with E-state index in [2.05, 4.69) is 15.5 Å². The van der Waals surface area contributed by atoms with Gasteiger partial charge < -0.3 is 9.88 Å². The van der Waals surface area contributed by atoms with E-state index in [4.69, 9.17) is 0 Å². The molecule has 1 N–H and O–H groups in total. The van der Waals surface area contributed by atoms with E-state index in [1.807, 2.05) is 29.9 Å². The van der Waals surface area contributed by atoms with E-state index >= 15 is 0 Å². The van der Waals surface area contributed by atoms with Crippen molar-refractivity contribution in [2.24, 2.45) is 7.05 Å². The van der Waals surface area contributed by atoms with Gasteiger partial charge in [0.25, 0.3) is 5.56 Å². The average Bonchev–Trinajstić information content (AvgIpc) is 2.98. The van der Waals surface area contributed by atoms with Gasteiger partial charge in [0.1, 0.15) is 5.69 Å². The van der Waals surface area contributed by atoms with Gasteiger partial charge in [0.15, 0.2) is 5.65 Å². The van der Waals surface area contributed by atoms with Crippen molar-refractivity contribution in [2.75, 3.05) is 0 Å². The molecule has 0 spiro atoms. The SMILES string of the molecule is Cn1cccc1CNC(=O)CCc1nnc2ccccn2c1=O. The number of fused-ring (bicyclic) bond motifs is 1. The minimum Gasteiger partial charge on any atom is -0.353 e. The molecule has 0 fully saturated rings. The van der Waals surface area contributed by atoms with E-state index in [0.717, 1.165) is 5.69 Å². The van der Waals surface area contributed by atoms with Gasteiger partial charge in [-0.05, 0) is 24.3 Å². The van der Waals surface area contributed by atoms with Crippen LogP contribution in [-0.4, -0.2) is 25.1 Å². The molecule has 0 saturated carbocycles. The summed E-state index contributed by atoms with van der Waals surface area (Å²) in [7, 11) is 1.92. The van der Waals surface area contributed by atoms with Crippen LogP contribution in [0.4, 0.5) is 0 Å². The minimum atomic E-state index is -0.231. The molecule has 0 aliphatic carbocycles. The van der Waals surface area contributed by atoms with Crippen molar-refractivity contribution in [3.05, 3.63) is 64.5 Å². The van der Waals surface area contributed by atoms with Crippen LogP contribution in [-0.2, 0) is 24.8 Å². The lowest BCUT2D eigenvalue weighted by Crippen LogP contribution is -2.26. The number of nitrogens with zero attached hydrogens (tertiary/aromatic N) is 4. The molecular weight excluding hydrogens is 294 g/mol. The van der Waals surface area contributed by atoms with Gasteiger partial charge in [0, 0.05) is 38.0 Å². The third kappa shape index (κ3) is 3.28. The molecular formula is C16H17N5O2. The third-order valence-corrected chi connectivity index (χ3v) is 3.68. The molecule has 0 atom stereocenters. The number of aryl methyl sites for hydroxylation is 2. The van der Waals surface area contributed by atoms with E-state index < -0.39 is 0 Å². The molecule has 3 aromatic heterocycles. The Labute approximate surface area is 132 Å². The molecule has 0 aliphatic rings. The second-order valence-corrected chi connectivity index (χ2v) is 5.27. The van der Waals surface area contributed by atoms with E-state index in [1.54, 1.807) is 24.4 Å². The van der Waals surface area contributed by atoms with Crippen LogP contribution in [0.2, 0.25) is 0 Å². The Morgan fingerprint density at radius 2 is 2.04 bits per heavy atom. The fraction of sp³-hybridized carbons (Fsp3) is 0.250. The summed E-state index contributed by atoms with van der Waals surface area (Å²) in [6, 6.07) is 9.13. The first-order valence-electron chi connectivity index (χ1n) is 7.35. The Kier molecular flexibility index (Phi) is 4.18. The maximum absolute atomic E-state index is 12.3. The summed E-state index contributed by atoms with van der Waals surface area (Å²) in [4.78, 5) is 24.2. The van der Waals surface area contributed by atoms with Crippen LogP contribution in [0.5, 0.6) is 0 Å².